The van der Waals surface area contributed by atoms with Crippen molar-refractivity contribution in [2.24, 2.45) is 0 Å². The van der Waals surface area contributed by atoms with Crippen LogP contribution in [0.4, 0.5) is 5.82 Å². The summed E-state index contributed by atoms with van der Waals surface area (Å²) in [5, 5.41) is 16.8. The van der Waals surface area contributed by atoms with Crippen LogP contribution < -0.4 is 5.32 Å². The van der Waals surface area contributed by atoms with E-state index in [1.807, 2.05) is 26.1 Å². The van der Waals surface area contributed by atoms with Gasteiger partial charge in [-0.2, -0.15) is 5.10 Å². The Hall–Kier alpha value is -1.97. The Kier molecular flexibility index (Phi) is 2.33. The summed E-state index contributed by atoms with van der Waals surface area (Å²) < 4.78 is 1.76. The maximum Gasteiger partial charge on any atom is 0.129 e. The first-order valence-electron chi connectivity index (χ1n) is 4.74. The van der Waals surface area contributed by atoms with Gasteiger partial charge < -0.3 is 10.4 Å². The second-order valence-corrected chi connectivity index (χ2v) is 3.35. The van der Waals surface area contributed by atoms with Crippen molar-refractivity contribution in [3.05, 3.63) is 36.0 Å². The lowest BCUT2D eigenvalue weighted by Gasteiger charge is -2.06. The summed E-state index contributed by atoms with van der Waals surface area (Å²) in [6, 6.07) is 8.95. The third-order valence-corrected chi connectivity index (χ3v) is 2.16. The van der Waals surface area contributed by atoms with E-state index in [9.17, 15) is 5.11 Å². The second-order valence-electron chi connectivity index (χ2n) is 3.35. The first kappa shape index (κ1) is 9.58. The summed E-state index contributed by atoms with van der Waals surface area (Å²) in [5.74, 6) is 1.14. The lowest BCUT2D eigenvalue weighted by atomic mass is 10.3. The van der Waals surface area contributed by atoms with Crippen molar-refractivity contribution in [2.45, 2.75) is 6.92 Å². The van der Waals surface area contributed by atoms with Gasteiger partial charge in [0.05, 0.1) is 11.4 Å². The summed E-state index contributed by atoms with van der Waals surface area (Å²) >= 11 is 0. The van der Waals surface area contributed by atoms with Crippen LogP contribution in [0.25, 0.3) is 5.69 Å². The number of anilines is 1. The highest BCUT2D eigenvalue weighted by Crippen LogP contribution is 2.19. The molecular weight excluding hydrogens is 190 g/mol. The Bertz CT molecular complexity index is 476. The van der Waals surface area contributed by atoms with Crippen molar-refractivity contribution in [3.8, 4) is 11.4 Å². The molecule has 2 N–H and O–H groups in total. The van der Waals surface area contributed by atoms with Crippen molar-refractivity contribution in [1.82, 2.24) is 9.78 Å². The number of phenolic OH excluding ortho intramolecular Hbond substituents is 1. The van der Waals surface area contributed by atoms with Crippen LogP contribution in [-0.4, -0.2) is 21.9 Å². The van der Waals surface area contributed by atoms with E-state index in [-0.39, 0.29) is 5.75 Å². The zero-order chi connectivity index (χ0) is 10.8. The molecule has 4 nitrogen and oxygen atoms in total. The molecule has 0 unspecified atom stereocenters. The largest absolute Gasteiger partial charge is 0.508 e. The molecule has 2 rings (SSSR count). The standard InChI is InChI=1S/C11H13N3O/c1-8-6-11(12-2)14(13-8)9-4-3-5-10(15)7-9/h3-7,12,15H,1-2H3. The Labute approximate surface area is 88.2 Å². The van der Waals surface area contributed by atoms with E-state index in [0.717, 1.165) is 17.2 Å². The van der Waals surface area contributed by atoms with Crippen molar-refractivity contribution in [3.63, 3.8) is 0 Å². The molecule has 1 heterocycles. The van der Waals surface area contributed by atoms with Gasteiger partial charge in [-0.3, -0.25) is 0 Å². The van der Waals surface area contributed by atoms with Crippen molar-refractivity contribution in [1.29, 1.82) is 0 Å². The summed E-state index contributed by atoms with van der Waals surface area (Å²) in [6.45, 7) is 1.93. The molecule has 78 valence electrons. The maximum atomic E-state index is 9.38. The predicted octanol–water partition coefficient (Wildman–Crippen LogP) is 1.93. The van der Waals surface area contributed by atoms with E-state index >= 15 is 0 Å². The molecule has 0 spiro atoms. The number of rotatable bonds is 2. The van der Waals surface area contributed by atoms with Crippen LogP contribution in [0.1, 0.15) is 5.69 Å². The number of hydrogen-bond acceptors (Lipinski definition) is 3. The van der Waals surface area contributed by atoms with Crippen LogP contribution in [0.2, 0.25) is 0 Å². The highest BCUT2D eigenvalue weighted by Gasteiger charge is 2.05. The third-order valence-electron chi connectivity index (χ3n) is 2.16. The molecule has 0 amide bonds. The average molecular weight is 203 g/mol. The normalized spacial score (nSPS) is 10.3. The first-order chi connectivity index (χ1) is 7.20. The number of benzene rings is 1. The Morgan fingerprint density at radius 3 is 2.80 bits per heavy atom. The van der Waals surface area contributed by atoms with Crippen LogP contribution in [-0.2, 0) is 0 Å². The van der Waals surface area contributed by atoms with E-state index in [1.54, 1.807) is 22.9 Å². The molecular formula is C11H13N3O. The summed E-state index contributed by atoms with van der Waals surface area (Å²) in [5.41, 5.74) is 1.77. The minimum absolute atomic E-state index is 0.239. The number of phenols is 1. The van der Waals surface area contributed by atoms with Gasteiger partial charge in [-0.1, -0.05) is 6.07 Å². The third kappa shape index (κ3) is 1.79. The van der Waals surface area contributed by atoms with Gasteiger partial charge in [-0.15, -0.1) is 0 Å². The predicted molar refractivity (Wildman–Crippen MR) is 59.5 cm³/mol. The molecule has 15 heavy (non-hydrogen) atoms. The zero-order valence-corrected chi connectivity index (χ0v) is 8.73. The van der Waals surface area contributed by atoms with Crippen LogP contribution in [0.3, 0.4) is 0 Å². The van der Waals surface area contributed by atoms with Crippen LogP contribution in [0.15, 0.2) is 30.3 Å². The van der Waals surface area contributed by atoms with Gasteiger partial charge in [0.25, 0.3) is 0 Å². The van der Waals surface area contributed by atoms with Crippen molar-refractivity contribution in [2.75, 3.05) is 12.4 Å². The number of hydrogen-bond donors (Lipinski definition) is 2. The fourth-order valence-corrected chi connectivity index (χ4v) is 1.50. The van der Waals surface area contributed by atoms with Gasteiger partial charge in [0.15, 0.2) is 0 Å². The minimum Gasteiger partial charge on any atom is -0.508 e. The highest BCUT2D eigenvalue weighted by molar-refractivity contribution is 5.47. The molecule has 0 saturated heterocycles. The second kappa shape index (κ2) is 3.65. The average Bonchev–Trinajstić information content (AvgIpc) is 2.59. The number of aryl methyl sites for hydroxylation is 1. The maximum absolute atomic E-state index is 9.38. The molecule has 4 heteroatoms. The molecule has 0 bridgehead atoms. The fraction of sp³-hybridized carbons (Fsp3) is 0.182. The molecule has 0 saturated carbocycles. The summed E-state index contributed by atoms with van der Waals surface area (Å²) in [7, 11) is 1.84. The SMILES string of the molecule is CNc1cc(C)nn1-c1cccc(O)c1. The molecule has 2 aromatic rings. The number of aromatic hydroxyl groups is 1. The van der Waals surface area contributed by atoms with E-state index in [2.05, 4.69) is 10.4 Å². The van der Waals surface area contributed by atoms with Gasteiger partial charge in [-0.05, 0) is 19.1 Å². The lowest BCUT2D eigenvalue weighted by Crippen LogP contribution is -2.01. The summed E-state index contributed by atoms with van der Waals surface area (Å²) in [6.07, 6.45) is 0. The molecule has 0 aliphatic carbocycles. The topological polar surface area (TPSA) is 50.1 Å². The number of nitrogens with one attached hydrogen (secondary N) is 1. The van der Waals surface area contributed by atoms with Gasteiger partial charge >= 0.3 is 0 Å². The molecule has 1 aromatic carbocycles. The molecule has 0 radical (unpaired) electrons. The zero-order valence-electron chi connectivity index (χ0n) is 8.73. The Morgan fingerprint density at radius 2 is 2.13 bits per heavy atom. The molecule has 0 fully saturated rings. The molecule has 1 aromatic heterocycles. The van der Waals surface area contributed by atoms with Gasteiger partial charge in [0.2, 0.25) is 0 Å². The summed E-state index contributed by atoms with van der Waals surface area (Å²) in [4.78, 5) is 0. The van der Waals surface area contributed by atoms with E-state index in [1.165, 1.54) is 0 Å². The van der Waals surface area contributed by atoms with Crippen molar-refractivity contribution < 1.29 is 5.11 Å². The first-order valence-corrected chi connectivity index (χ1v) is 4.74. The monoisotopic (exact) mass is 203 g/mol. The quantitative estimate of drug-likeness (QED) is 0.784. The molecule has 0 aliphatic rings. The van der Waals surface area contributed by atoms with E-state index in [0.29, 0.717) is 0 Å². The molecule has 0 aliphatic heterocycles. The Balaban J connectivity index is 2.53. The van der Waals surface area contributed by atoms with E-state index in [4.69, 9.17) is 0 Å². The number of nitrogens with zero attached hydrogens (tertiary/aromatic N) is 2. The highest BCUT2D eigenvalue weighted by atomic mass is 16.3. The minimum atomic E-state index is 0.239. The van der Waals surface area contributed by atoms with Gasteiger partial charge in [-0.25, -0.2) is 4.68 Å². The number of aromatic nitrogens is 2. The lowest BCUT2D eigenvalue weighted by molar-refractivity contribution is 0.475. The van der Waals surface area contributed by atoms with Crippen LogP contribution in [0.5, 0.6) is 5.75 Å². The fourth-order valence-electron chi connectivity index (χ4n) is 1.50. The van der Waals surface area contributed by atoms with Gasteiger partial charge in [0, 0.05) is 19.2 Å². The van der Waals surface area contributed by atoms with Crippen molar-refractivity contribution >= 4 is 5.82 Å². The smallest absolute Gasteiger partial charge is 0.129 e. The van der Waals surface area contributed by atoms with Gasteiger partial charge in [0.1, 0.15) is 11.6 Å². The van der Waals surface area contributed by atoms with Crippen LogP contribution >= 0.6 is 0 Å². The van der Waals surface area contributed by atoms with E-state index < -0.39 is 0 Å². The van der Waals surface area contributed by atoms with Crippen LogP contribution in [0, 0.1) is 6.92 Å². The molecule has 0 atom stereocenters. The Morgan fingerprint density at radius 1 is 1.33 bits per heavy atom.